The summed E-state index contributed by atoms with van der Waals surface area (Å²) in [6.07, 6.45) is 1.11. The van der Waals surface area contributed by atoms with Gasteiger partial charge in [-0.1, -0.05) is 50.2 Å². The first-order valence-electron chi connectivity index (χ1n) is 6.43. The molecule has 18 heavy (non-hydrogen) atoms. The maximum absolute atomic E-state index is 5.20. The Labute approximate surface area is 109 Å². The normalized spacial score (nSPS) is 10.7. The van der Waals surface area contributed by atoms with Gasteiger partial charge in [0, 0.05) is 0 Å². The standard InChI is InChI=1S/C17H20O/c1-13(2)12-15-6-4-5-7-17(15)14-8-10-16(18-3)11-9-14/h4-11,13H,12H2,1-3H3. The molecule has 0 heterocycles. The molecular weight excluding hydrogens is 220 g/mol. The van der Waals surface area contributed by atoms with Crippen LogP contribution in [0.4, 0.5) is 0 Å². The topological polar surface area (TPSA) is 9.23 Å². The highest BCUT2D eigenvalue weighted by Crippen LogP contribution is 2.27. The lowest BCUT2D eigenvalue weighted by atomic mass is 9.94. The van der Waals surface area contributed by atoms with Crippen molar-refractivity contribution in [1.82, 2.24) is 0 Å². The molecule has 0 aromatic heterocycles. The lowest BCUT2D eigenvalue weighted by Crippen LogP contribution is -1.96. The lowest BCUT2D eigenvalue weighted by Gasteiger charge is -2.12. The summed E-state index contributed by atoms with van der Waals surface area (Å²) in [5.74, 6) is 1.57. The van der Waals surface area contributed by atoms with Crippen molar-refractivity contribution in [1.29, 1.82) is 0 Å². The van der Waals surface area contributed by atoms with Gasteiger partial charge in [0.1, 0.15) is 5.75 Å². The van der Waals surface area contributed by atoms with Crippen LogP contribution in [-0.2, 0) is 6.42 Å². The Morgan fingerprint density at radius 1 is 0.944 bits per heavy atom. The largest absolute Gasteiger partial charge is 0.497 e. The second-order valence-electron chi connectivity index (χ2n) is 4.98. The fourth-order valence-corrected chi connectivity index (χ4v) is 2.19. The quantitative estimate of drug-likeness (QED) is 0.761. The molecule has 0 atom stereocenters. The van der Waals surface area contributed by atoms with Crippen LogP contribution in [0.25, 0.3) is 11.1 Å². The first-order valence-corrected chi connectivity index (χ1v) is 6.43. The summed E-state index contributed by atoms with van der Waals surface area (Å²) in [6, 6.07) is 16.9. The molecule has 94 valence electrons. The average molecular weight is 240 g/mol. The smallest absolute Gasteiger partial charge is 0.118 e. The van der Waals surface area contributed by atoms with Crippen LogP contribution in [0.2, 0.25) is 0 Å². The fraction of sp³-hybridized carbons (Fsp3) is 0.294. The van der Waals surface area contributed by atoms with Crippen LogP contribution >= 0.6 is 0 Å². The predicted molar refractivity (Wildman–Crippen MR) is 77.0 cm³/mol. The van der Waals surface area contributed by atoms with Crippen molar-refractivity contribution < 1.29 is 4.74 Å². The molecule has 0 amide bonds. The van der Waals surface area contributed by atoms with Gasteiger partial charge in [0.25, 0.3) is 0 Å². The van der Waals surface area contributed by atoms with E-state index >= 15 is 0 Å². The SMILES string of the molecule is COc1ccc(-c2ccccc2CC(C)C)cc1. The van der Waals surface area contributed by atoms with Crippen LogP contribution in [0, 0.1) is 5.92 Å². The molecule has 0 aliphatic rings. The van der Waals surface area contributed by atoms with Crippen molar-refractivity contribution >= 4 is 0 Å². The number of ether oxygens (including phenoxy) is 1. The van der Waals surface area contributed by atoms with E-state index in [1.165, 1.54) is 16.7 Å². The molecule has 0 saturated carbocycles. The van der Waals surface area contributed by atoms with Gasteiger partial charge in [0.05, 0.1) is 7.11 Å². The molecule has 0 unspecified atom stereocenters. The van der Waals surface area contributed by atoms with E-state index < -0.39 is 0 Å². The molecule has 2 rings (SSSR count). The van der Waals surface area contributed by atoms with Crippen LogP contribution in [0.1, 0.15) is 19.4 Å². The minimum Gasteiger partial charge on any atom is -0.497 e. The molecule has 0 bridgehead atoms. The van der Waals surface area contributed by atoms with E-state index in [0.29, 0.717) is 5.92 Å². The average Bonchev–Trinajstić information content (AvgIpc) is 2.39. The molecule has 0 N–H and O–H groups in total. The van der Waals surface area contributed by atoms with Crippen molar-refractivity contribution in [2.75, 3.05) is 7.11 Å². The third kappa shape index (κ3) is 2.92. The van der Waals surface area contributed by atoms with E-state index in [9.17, 15) is 0 Å². The molecule has 2 aromatic carbocycles. The molecule has 0 radical (unpaired) electrons. The van der Waals surface area contributed by atoms with Crippen molar-refractivity contribution in [3.05, 3.63) is 54.1 Å². The first-order chi connectivity index (χ1) is 8.70. The summed E-state index contributed by atoms with van der Waals surface area (Å²) in [6.45, 7) is 4.51. The van der Waals surface area contributed by atoms with Gasteiger partial charge in [0.2, 0.25) is 0 Å². The Hall–Kier alpha value is -1.76. The Bertz CT molecular complexity index is 497. The van der Waals surface area contributed by atoms with Gasteiger partial charge < -0.3 is 4.74 Å². The van der Waals surface area contributed by atoms with E-state index in [1.807, 2.05) is 12.1 Å². The van der Waals surface area contributed by atoms with Gasteiger partial charge in [-0.3, -0.25) is 0 Å². The van der Waals surface area contributed by atoms with Gasteiger partial charge >= 0.3 is 0 Å². The van der Waals surface area contributed by atoms with Gasteiger partial charge in [-0.15, -0.1) is 0 Å². The number of methoxy groups -OCH3 is 1. The molecule has 0 aliphatic carbocycles. The van der Waals surface area contributed by atoms with Crippen LogP contribution in [-0.4, -0.2) is 7.11 Å². The van der Waals surface area contributed by atoms with Crippen LogP contribution in [0.5, 0.6) is 5.75 Å². The van der Waals surface area contributed by atoms with E-state index in [4.69, 9.17) is 4.74 Å². The van der Waals surface area contributed by atoms with E-state index in [2.05, 4.69) is 50.2 Å². The summed E-state index contributed by atoms with van der Waals surface area (Å²) in [5.41, 5.74) is 4.00. The fourth-order valence-electron chi connectivity index (χ4n) is 2.19. The first kappa shape index (κ1) is 12.7. The number of hydrogen-bond donors (Lipinski definition) is 0. The summed E-state index contributed by atoms with van der Waals surface area (Å²) >= 11 is 0. The van der Waals surface area contributed by atoms with Crippen LogP contribution < -0.4 is 4.74 Å². The van der Waals surface area contributed by atoms with Gasteiger partial charge in [-0.05, 0) is 41.2 Å². The van der Waals surface area contributed by atoms with Crippen molar-refractivity contribution in [2.45, 2.75) is 20.3 Å². The minimum atomic E-state index is 0.671. The molecule has 0 spiro atoms. The highest BCUT2D eigenvalue weighted by molar-refractivity contribution is 5.68. The second kappa shape index (κ2) is 5.72. The maximum Gasteiger partial charge on any atom is 0.118 e. The Balaban J connectivity index is 2.36. The van der Waals surface area contributed by atoms with Crippen molar-refractivity contribution in [2.24, 2.45) is 5.92 Å². The molecule has 1 heteroatoms. The zero-order chi connectivity index (χ0) is 13.0. The van der Waals surface area contributed by atoms with E-state index in [0.717, 1.165) is 12.2 Å². The van der Waals surface area contributed by atoms with E-state index in [1.54, 1.807) is 7.11 Å². The lowest BCUT2D eigenvalue weighted by molar-refractivity contribution is 0.415. The molecule has 0 saturated heterocycles. The predicted octanol–water partition coefficient (Wildman–Crippen LogP) is 4.56. The maximum atomic E-state index is 5.20. The number of hydrogen-bond acceptors (Lipinski definition) is 1. The molecule has 2 aromatic rings. The third-order valence-electron chi connectivity index (χ3n) is 3.05. The minimum absolute atomic E-state index is 0.671. The Kier molecular flexibility index (Phi) is 4.03. The van der Waals surface area contributed by atoms with E-state index in [-0.39, 0.29) is 0 Å². The monoisotopic (exact) mass is 240 g/mol. The van der Waals surface area contributed by atoms with Gasteiger partial charge in [0.15, 0.2) is 0 Å². The highest BCUT2D eigenvalue weighted by atomic mass is 16.5. The molecular formula is C17H20O. The van der Waals surface area contributed by atoms with Gasteiger partial charge in [-0.25, -0.2) is 0 Å². The van der Waals surface area contributed by atoms with Crippen LogP contribution in [0.15, 0.2) is 48.5 Å². The van der Waals surface area contributed by atoms with Gasteiger partial charge in [-0.2, -0.15) is 0 Å². The Morgan fingerprint density at radius 3 is 2.22 bits per heavy atom. The Morgan fingerprint density at radius 2 is 1.61 bits per heavy atom. The second-order valence-corrected chi connectivity index (χ2v) is 4.98. The third-order valence-corrected chi connectivity index (χ3v) is 3.05. The molecule has 0 aliphatic heterocycles. The summed E-state index contributed by atoms with van der Waals surface area (Å²) in [4.78, 5) is 0. The number of rotatable bonds is 4. The summed E-state index contributed by atoms with van der Waals surface area (Å²) in [5, 5.41) is 0. The summed E-state index contributed by atoms with van der Waals surface area (Å²) < 4.78 is 5.20. The van der Waals surface area contributed by atoms with Crippen molar-refractivity contribution in [3.8, 4) is 16.9 Å². The molecule has 1 nitrogen and oxygen atoms in total. The molecule has 0 fully saturated rings. The zero-order valence-electron chi connectivity index (χ0n) is 11.3. The van der Waals surface area contributed by atoms with Crippen molar-refractivity contribution in [3.63, 3.8) is 0 Å². The summed E-state index contributed by atoms with van der Waals surface area (Å²) in [7, 11) is 1.70. The highest BCUT2D eigenvalue weighted by Gasteiger charge is 2.06. The number of benzene rings is 2. The van der Waals surface area contributed by atoms with Crippen LogP contribution in [0.3, 0.4) is 0 Å². The zero-order valence-corrected chi connectivity index (χ0v) is 11.3.